The summed E-state index contributed by atoms with van der Waals surface area (Å²) >= 11 is 5.98. The second-order valence-electron chi connectivity index (χ2n) is 6.79. The third-order valence-electron chi connectivity index (χ3n) is 4.03. The lowest BCUT2D eigenvalue weighted by Crippen LogP contribution is -2.40. The number of ether oxygens (including phenoxy) is 1. The number of nitrogens with zero attached hydrogens (tertiary/aromatic N) is 1. The van der Waals surface area contributed by atoms with Crippen LogP contribution in [0.1, 0.15) is 32.3 Å². The minimum Gasteiger partial charge on any atom is -0.456 e. The number of hydrogen-bond donors (Lipinski definition) is 2. The van der Waals surface area contributed by atoms with Gasteiger partial charge >= 0.3 is 12.0 Å². The maximum Gasteiger partial charge on any atom is 0.325 e. The maximum atomic E-state index is 12.0. The van der Waals surface area contributed by atoms with E-state index in [4.69, 9.17) is 16.3 Å². The standard InChI is InChI=1S/C18H22ClN3O5/c1-11-6-7-12(9-13(11)19)20-14(23)10-27-15(24)5-4-8-22-16(25)18(2,3)21-17(22)26/h6-7,9H,4-5,8,10H2,1-3H3,(H,20,23)(H,21,26). The van der Waals surface area contributed by atoms with Crippen molar-refractivity contribution >= 4 is 41.1 Å². The van der Waals surface area contributed by atoms with E-state index in [2.05, 4.69) is 10.6 Å². The molecule has 8 nitrogen and oxygen atoms in total. The molecule has 1 aromatic rings. The molecule has 2 rings (SSSR count). The van der Waals surface area contributed by atoms with Crippen LogP contribution in [0.3, 0.4) is 0 Å². The van der Waals surface area contributed by atoms with Gasteiger partial charge < -0.3 is 15.4 Å². The van der Waals surface area contributed by atoms with Crippen LogP contribution in [0.15, 0.2) is 18.2 Å². The molecule has 0 atom stereocenters. The molecule has 1 aliphatic heterocycles. The number of imide groups is 1. The van der Waals surface area contributed by atoms with Crippen molar-refractivity contribution in [2.75, 3.05) is 18.5 Å². The summed E-state index contributed by atoms with van der Waals surface area (Å²) in [5.41, 5.74) is 0.455. The van der Waals surface area contributed by atoms with E-state index in [0.717, 1.165) is 10.5 Å². The van der Waals surface area contributed by atoms with Gasteiger partial charge in [0.15, 0.2) is 6.61 Å². The van der Waals surface area contributed by atoms with Gasteiger partial charge in [-0.3, -0.25) is 19.3 Å². The van der Waals surface area contributed by atoms with Gasteiger partial charge in [-0.2, -0.15) is 0 Å². The van der Waals surface area contributed by atoms with Crippen molar-refractivity contribution in [2.24, 2.45) is 0 Å². The molecule has 1 aliphatic rings. The molecule has 0 aromatic heterocycles. The number of hydrogen-bond acceptors (Lipinski definition) is 5. The van der Waals surface area contributed by atoms with Gasteiger partial charge in [0.05, 0.1) is 0 Å². The normalized spacial score (nSPS) is 15.5. The number of amides is 4. The molecule has 0 unspecified atom stereocenters. The average molecular weight is 396 g/mol. The van der Waals surface area contributed by atoms with Gasteiger partial charge in [-0.05, 0) is 44.9 Å². The number of carbonyl (C=O) groups excluding carboxylic acids is 4. The molecule has 1 saturated heterocycles. The Labute approximate surface area is 162 Å². The molecule has 27 heavy (non-hydrogen) atoms. The molecule has 0 aliphatic carbocycles. The predicted octanol–water partition coefficient (Wildman–Crippen LogP) is 2.24. The highest BCUT2D eigenvalue weighted by Crippen LogP contribution is 2.20. The molecule has 0 radical (unpaired) electrons. The fourth-order valence-electron chi connectivity index (χ4n) is 2.49. The molecule has 4 amide bonds. The number of esters is 1. The Hall–Kier alpha value is -2.61. The fourth-order valence-corrected chi connectivity index (χ4v) is 2.67. The van der Waals surface area contributed by atoms with Crippen molar-refractivity contribution in [1.82, 2.24) is 10.2 Å². The van der Waals surface area contributed by atoms with Crippen molar-refractivity contribution in [3.05, 3.63) is 28.8 Å². The maximum absolute atomic E-state index is 12.0. The zero-order chi connectivity index (χ0) is 20.2. The van der Waals surface area contributed by atoms with Crippen LogP contribution < -0.4 is 10.6 Å². The van der Waals surface area contributed by atoms with Crippen LogP contribution in [0.25, 0.3) is 0 Å². The zero-order valence-electron chi connectivity index (χ0n) is 15.4. The summed E-state index contributed by atoms with van der Waals surface area (Å²) in [6.07, 6.45) is 0.240. The molecule has 0 spiro atoms. The first-order chi connectivity index (χ1) is 12.6. The second kappa shape index (κ2) is 8.39. The lowest BCUT2D eigenvalue weighted by Gasteiger charge is -2.15. The number of urea groups is 1. The summed E-state index contributed by atoms with van der Waals surface area (Å²) in [5, 5.41) is 5.66. The van der Waals surface area contributed by atoms with Crippen LogP contribution in [-0.4, -0.2) is 47.4 Å². The zero-order valence-corrected chi connectivity index (χ0v) is 16.2. The van der Waals surface area contributed by atoms with Gasteiger partial charge in [0.2, 0.25) is 0 Å². The van der Waals surface area contributed by atoms with Crippen LogP contribution in [0.4, 0.5) is 10.5 Å². The number of halogens is 1. The van der Waals surface area contributed by atoms with Crippen molar-refractivity contribution in [1.29, 1.82) is 0 Å². The van der Waals surface area contributed by atoms with Gasteiger partial charge in [-0.15, -0.1) is 0 Å². The summed E-state index contributed by atoms with van der Waals surface area (Å²) in [6.45, 7) is 4.75. The van der Waals surface area contributed by atoms with Crippen molar-refractivity contribution in [3.63, 3.8) is 0 Å². The third-order valence-corrected chi connectivity index (χ3v) is 4.43. The molecular weight excluding hydrogens is 374 g/mol. The summed E-state index contributed by atoms with van der Waals surface area (Å²) in [6, 6.07) is 4.59. The Balaban J connectivity index is 1.70. The highest BCUT2D eigenvalue weighted by atomic mass is 35.5. The number of nitrogens with one attached hydrogen (secondary N) is 2. The SMILES string of the molecule is Cc1ccc(NC(=O)COC(=O)CCCN2C(=O)NC(C)(C)C2=O)cc1Cl. The molecule has 0 saturated carbocycles. The first-order valence-electron chi connectivity index (χ1n) is 8.46. The van der Waals surface area contributed by atoms with Gasteiger partial charge in [0.25, 0.3) is 11.8 Å². The van der Waals surface area contributed by atoms with Gasteiger partial charge in [-0.1, -0.05) is 17.7 Å². The highest BCUT2D eigenvalue weighted by Gasteiger charge is 2.43. The van der Waals surface area contributed by atoms with Crippen LogP contribution in [0.2, 0.25) is 5.02 Å². The Morgan fingerprint density at radius 3 is 2.59 bits per heavy atom. The van der Waals surface area contributed by atoms with Crippen molar-refractivity contribution < 1.29 is 23.9 Å². The number of rotatable bonds is 7. The molecular formula is C18H22ClN3O5. The van der Waals surface area contributed by atoms with Crippen LogP contribution in [0, 0.1) is 6.92 Å². The highest BCUT2D eigenvalue weighted by molar-refractivity contribution is 6.31. The summed E-state index contributed by atoms with van der Waals surface area (Å²) in [5.74, 6) is -1.41. The summed E-state index contributed by atoms with van der Waals surface area (Å²) < 4.78 is 4.90. The average Bonchev–Trinajstić information content (AvgIpc) is 2.78. The first-order valence-corrected chi connectivity index (χ1v) is 8.83. The van der Waals surface area contributed by atoms with E-state index < -0.39 is 30.1 Å². The second-order valence-corrected chi connectivity index (χ2v) is 7.20. The number of carbonyl (C=O) groups is 4. The first kappa shape index (κ1) is 20.7. The molecule has 9 heteroatoms. The van der Waals surface area contributed by atoms with Crippen LogP contribution in [0.5, 0.6) is 0 Å². The largest absolute Gasteiger partial charge is 0.456 e. The number of benzene rings is 1. The minimum absolute atomic E-state index is 0.0128. The fraction of sp³-hybridized carbons (Fsp3) is 0.444. The third kappa shape index (κ3) is 5.43. The van der Waals surface area contributed by atoms with Crippen molar-refractivity contribution in [3.8, 4) is 0 Å². The molecule has 2 N–H and O–H groups in total. The molecule has 146 valence electrons. The summed E-state index contributed by atoms with van der Waals surface area (Å²) in [7, 11) is 0. The summed E-state index contributed by atoms with van der Waals surface area (Å²) in [4.78, 5) is 48.4. The van der Waals surface area contributed by atoms with Gasteiger partial charge in [0, 0.05) is 23.7 Å². The quantitative estimate of drug-likeness (QED) is 0.544. The predicted molar refractivity (Wildman–Crippen MR) is 99.3 cm³/mol. The number of anilines is 1. The van der Waals surface area contributed by atoms with E-state index >= 15 is 0 Å². The molecule has 0 bridgehead atoms. The monoisotopic (exact) mass is 395 g/mol. The molecule has 1 heterocycles. The smallest absolute Gasteiger partial charge is 0.325 e. The number of aryl methyl sites for hydroxylation is 1. The van der Waals surface area contributed by atoms with E-state index in [1.165, 1.54) is 0 Å². The van der Waals surface area contributed by atoms with Gasteiger partial charge in [0.1, 0.15) is 5.54 Å². The van der Waals surface area contributed by atoms with E-state index in [-0.39, 0.29) is 25.3 Å². The van der Waals surface area contributed by atoms with E-state index in [0.29, 0.717) is 10.7 Å². The Kier molecular flexibility index (Phi) is 6.43. The van der Waals surface area contributed by atoms with Gasteiger partial charge in [-0.25, -0.2) is 4.79 Å². The lowest BCUT2D eigenvalue weighted by atomic mass is 10.1. The van der Waals surface area contributed by atoms with E-state index in [1.54, 1.807) is 32.0 Å². The Bertz CT molecular complexity index is 778. The topological polar surface area (TPSA) is 105 Å². The molecule has 1 fully saturated rings. The molecule has 1 aromatic carbocycles. The van der Waals surface area contributed by atoms with E-state index in [9.17, 15) is 19.2 Å². The van der Waals surface area contributed by atoms with Crippen LogP contribution >= 0.6 is 11.6 Å². The Morgan fingerprint density at radius 2 is 2.00 bits per heavy atom. The Morgan fingerprint density at radius 1 is 1.30 bits per heavy atom. The van der Waals surface area contributed by atoms with Crippen molar-refractivity contribution in [2.45, 2.75) is 39.2 Å². The van der Waals surface area contributed by atoms with E-state index in [1.807, 2.05) is 6.92 Å². The minimum atomic E-state index is -0.936. The lowest BCUT2D eigenvalue weighted by molar-refractivity contribution is -0.147. The van der Waals surface area contributed by atoms with Crippen LogP contribution in [-0.2, 0) is 19.1 Å².